The third kappa shape index (κ3) is 3.28. The average molecular weight is 330 g/mol. The largest absolute Gasteiger partial charge is 0.393 e. The maximum absolute atomic E-state index is 9.96. The zero-order chi connectivity index (χ0) is 17.2. The van der Waals surface area contributed by atoms with Gasteiger partial charge >= 0.3 is 0 Å². The van der Waals surface area contributed by atoms with Crippen molar-refractivity contribution in [2.24, 2.45) is 0 Å². The van der Waals surface area contributed by atoms with E-state index in [0.717, 1.165) is 29.9 Å². The Bertz CT molecular complexity index is 907. The van der Waals surface area contributed by atoms with Gasteiger partial charge in [-0.1, -0.05) is 60.7 Å². The van der Waals surface area contributed by atoms with Crippen LogP contribution in [-0.4, -0.2) is 20.8 Å². The minimum atomic E-state index is -0.401. The van der Waals surface area contributed by atoms with Crippen molar-refractivity contribution >= 4 is 6.08 Å². The molecule has 126 valence electrons. The van der Waals surface area contributed by atoms with E-state index in [1.807, 2.05) is 31.5 Å². The van der Waals surface area contributed by atoms with E-state index in [1.165, 1.54) is 16.7 Å². The zero-order valence-electron chi connectivity index (χ0n) is 14.4. The van der Waals surface area contributed by atoms with Gasteiger partial charge in [-0.2, -0.15) is 0 Å². The molecule has 2 aromatic carbocycles. The van der Waals surface area contributed by atoms with Gasteiger partial charge in [-0.05, 0) is 30.0 Å². The molecule has 0 amide bonds. The molecule has 0 radical (unpaired) electrons. The Morgan fingerprint density at radius 1 is 1.16 bits per heavy atom. The van der Waals surface area contributed by atoms with Gasteiger partial charge in [0.25, 0.3) is 0 Å². The molecule has 25 heavy (non-hydrogen) atoms. The van der Waals surface area contributed by atoms with Crippen LogP contribution < -0.4 is 0 Å². The van der Waals surface area contributed by atoms with Gasteiger partial charge in [0.05, 0.1) is 18.1 Å². The molecule has 0 saturated carbocycles. The molecule has 0 fully saturated rings. The molecular formula is C22H22N2O. The lowest BCUT2D eigenvalue weighted by atomic mass is 10.0. The molecule has 0 spiro atoms. The first-order chi connectivity index (χ1) is 12.2. The van der Waals surface area contributed by atoms with Gasteiger partial charge in [0, 0.05) is 24.2 Å². The van der Waals surface area contributed by atoms with Gasteiger partial charge in [-0.3, -0.25) is 0 Å². The fourth-order valence-corrected chi connectivity index (χ4v) is 3.48. The number of hydrogen-bond acceptors (Lipinski definition) is 2. The molecule has 0 saturated heterocycles. The van der Waals surface area contributed by atoms with Crippen LogP contribution in [0.5, 0.6) is 0 Å². The average Bonchev–Trinajstić information content (AvgIpc) is 3.22. The lowest BCUT2D eigenvalue weighted by Gasteiger charge is -2.13. The monoisotopic (exact) mass is 330 g/mol. The van der Waals surface area contributed by atoms with Crippen LogP contribution in [0.1, 0.15) is 29.3 Å². The molecule has 3 nitrogen and oxygen atoms in total. The molecule has 3 aromatic rings. The molecule has 1 atom stereocenters. The molecule has 1 unspecified atom stereocenters. The summed E-state index contributed by atoms with van der Waals surface area (Å²) in [6, 6.07) is 16.8. The lowest BCUT2D eigenvalue weighted by molar-refractivity contribution is 0.193. The number of allylic oxidation sites excluding steroid dienone is 1. The van der Waals surface area contributed by atoms with E-state index in [4.69, 9.17) is 0 Å². The number of aromatic nitrogens is 2. The maximum atomic E-state index is 9.96. The van der Waals surface area contributed by atoms with Crippen molar-refractivity contribution in [1.29, 1.82) is 0 Å². The van der Waals surface area contributed by atoms with E-state index in [2.05, 4.69) is 52.0 Å². The minimum absolute atomic E-state index is 0.401. The molecule has 3 heteroatoms. The number of nitrogens with zero attached hydrogens (tertiary/aromatic N) is 2. The highest BCUT2D eigenvalue weighted by Crippen LogP contribution is 2.25. The topological polar surface area (TPSA) is 38.1 Å². The SMILES string of the molecule is CC(O)Cc1c(-c2ccccc2)ncn1Cc1ccc2c(c1)CC=C2. The number of rotatable bonds is 5. The first kappa shape index (κ1) is 15.9. The van der Waals surface area contributed by atoms with Crippen molar-refractivity contribution in [3.8, 4) is 11.3 Å². The van der Waals surface area contributed by atoms with E-state index in [-0.39, 0.29) is 0 Å². The van der Waals surface area contributed by atoms with Crippen LogP contribution in [0, 0.1) is 0 Å². The number of imidazole rings is 1. The van der Waals surface area contributed by atoms with Crippen molar-refractivity contribution in [2.45, 2.75) is 32.4 Å². The third-order valence-corrected chi connectivity index (χ3v) is 4.68. The summed E-state index contributed by atoms with van der Waals surface area (Å²) in [5.41, 5.74) is 7.12. The van der Waals surface area contributed by atoms with Gasteiger partial charge in [0.15, 0.2) is 0 Å². The molecule has 1 aliphatic carbocycles. The van der Waals surface area contributed by atoms with Crippen LogP contribution in [0.15, 0.2) is 60.9 Å². The fraction of sp³-hybridized carbons (Fsp3) is 0.227. The second-order valence-corrected chi connectivity index (χ2v) is 6.73. The smallest absolute Gasteiger partial charge is 0.0959 e. The van der Waals surface area contributed by atoms with Gasteiger partial charge in [0.2, 0.25) is 0 Å². The minimum Gasteiger partial charge on any atom is -0.393 e. The molecule has 1 N–H and O–H groups in total. The highest BCUT2D eigenvalue weighted by atomic mass is 16.3. The summed E-state index contributed by atoms with van der Waals surface area (Å²) in [7, 11) is 0. The second kappa shape index (κ2) is 6.69. The Hall–Kier alpha value is -2.65. The number of aliphatic hydroxyl groups excluding tert-OH is 1. The van der Waals surface area contributed by atoms with Gasteiger partial charge in [-0.25, -0.2) is 4.98 Å². The fourth-order valence-electron chi connectivity index (χ4n) is 3.48. The quantitative estimate of drug-likeness (QED) is 0.765. The van der Waals surface area contributed by atoms with E-state index < -0.39 is 6.10 Å². The Morgan fingerprint density at radius 2 is 2.00 bits per heavy atom. The molecular weight excluding hydrogens is 308 g/mol. The molecule has 0 bridgehead atoms. The summed E-state index contributed by atoms with van der Waals surface area (Å²) < 4.78 is 2.17. The first-order valence-electron chi connectivity index (χ1n) is 8.76. The van der Waals surface area contributed by atoms with Gasteiger partial charge in [0.1, 0.15) is 0 Å². The Labute approximate surface area is 148 Å². The summed E-state index contributed by atoms with van der Waals surface area (Å²) in [6.07, 6.45) is 7.49. The summed E-state index contributed by atoms with van der Waals surface area (Å²) in [5.74, 6) is 0. The van der Waals surface area contributed by atoms with E-state index in [1.54, 1.807) is 0 Å². The van der Waals surface area contributed by atoms with E-state index in [0.29, 0.717) is 6.42 Å². The Kier molecular flexibility index (Phi) is 4.24. The van der Waals surface area contributed by atoms with Crippen LogP contribution in [0.2, 0.25) is 0 Å². The standard InChI is InChI=1S/C22H22N2O/c1-16(25)12-21-22(19-6-3-2-4-7-19)23-15-24(21)14-17-10-11-18-8-5-9-20(18)13-17/h2-8,10-11,13,15-16,25H,9,12,14H2,1H3. The molecule has 4 rings (SSSR count). The molecule has 1 heterocycles. The van der Waals surface area contributed by atoms with Crippen molar-refractivity contribution in [2.75, 3.05) is 0 Å². The normalized spacial score (nSPS) is 13.8. The van der Waals surface area contributed by atoms with E-state index in [9.17, 15) is 5.11 Å². The number of benzene rings is 2. The van der Waals surface area contributed by atoms with Crippen LogP contribution >= 0.6 is 0 Å². The van der Waals surface area contributed by atoms with Crippen LogP contribution in [0.4, 0.5) is 0 Å². The van der Waals surface area contributed by atoms with E-state index >= 15 is 0 Å². The number of hydrogen-bond donors (Lipinski definition) is 1. The highest BCUT2D eigenvalue weighted by molar-refractivity contribution is 5.62. The molecule has 1 aliphatic rings. The van der Waals surface area contributed by atoms with Crippen LogP contribution in [0.25, 0.3) is 17.3 Å². The Morgan fingerprint density at radius 3 is 2.80 bits per heavy atom. The van der Waals surface area contributed by atoms with Crippen LogP contribution in [0.3, 0.4) is 0 Å². The highest BCUT2D eigenvalue weighted by Gasteiger charge is 2.15. The number of aliphatic hydroxyl groups is 1. The lowest BCUT2D eigenvalue weighted by Crippen LogP contribution is -2.12. The summed E-state index contributed by atoms with van der Waals surface area (Å²) in [6.45, 7) is 2.60. The Balaban J connectivity index is 1.68. The molecule has 0 aliphatic heterocycles. The van der Waals surface area contributed by atoms with Crippen molar-refractivity contribution in [3.05, 3.63) is 83.3 Å². The summed E-state index contributed by atoms with van der Waals surface area (Å²) in [5, 5.41) is 9.96. The van der Waals surface area contributed by atoms with Gasteiger partial charge in [-0.15, -0.1) is 0 Å². The summed E-state index contributed by atoms with van der Waals surface area (Å²) >= 11 is 0. The predicted molar refractivity (Wildman–Crippen MR) is 101 cm³/mol. The van der Waals surface area contributed by atoms with Crippen LogP contribution in [-0.2, 0) is 19.4 Å². The zero-order valence-corrected chi connectivity index (χ0v) is 14.4. The summed E-state index contributed by atoms with van der Waals surface area (Å²) in [4.78, 5) is 4.65. The van der Waals surface area contributed by atoms with Crippen molar-refractivity contribution in [1.82, 2.24) is 9.55 Å². The maximum Gasteiger partial charge on any atom is 0.0959 e. The van der Waals surface area contributed by atoms with Gasteiger partial charge < -0.3 is 9.67 Å². The third-order valence-electron chi connectivity index (χ3n) is 4.68. The number of fused-ring (bicyclic) bond motifs is 1. The van der Waals surface area contributed by atoms with Crippen molar-refractivity contribution < 1.29 is 5.11 Å². The first-order valence-corrected chi connectivity index (χ1v) is 8.76. The van der Waals surface area contributed by atoms with Crippen molar-refractivity contribution in [3.63, 3.8) is 0 Å². The predicted octanol–water partition coefficient (Wildman–Crippen LogP) is 4.09. The second-order valence-electron chi connectivity index (χ2n) is 6.73. The molecule has 1 aromatic heterocycles.